The zero-order valence-corrected chi connectivity index (χ0v) is 22.7. The third-order valence-corrected chi connectivity index (χ3v) is 6.29. The third-order valence-electron chi connectivity index (χ3n) is 6.29. The molecule has 202 valence electrons. The molecule has 7 heteroatoms. The summed E-state index contributed by atoms with van der Waals surface area (Å²) in [5, 5.41) is 0.807. The molecule has 0 atom stereocenters. The van der Waals surface area contributed by atoms with Crippen molar-refractivity contribution in [2.45, 2.75) is 26.3 Å². The Kier molecular flexibility index (Phi) is 9.74. The Balaban J connectivity index is 1.66. The van der Waals surface area contributed by atoms with Crippen molar-refractivity contribution in [2.24, 2.45) is 0 Å². The van der Waals surface area contributed by atoms with E-state index in [1.807, 2.05) is 54.6 Å². The zero-order valence-electron chi connectivity index (χ0n) is 22.7. The summed E-state index contributed by atoms with van der Waals surface area (Å²) in [6, 6.07) is 21.5. The number of aromatic nitrogens is 2. The molecule has 0 saturated heterocycles. The molecule has 1 heterocycles. The number of ether oxygens (including phenoxy) is 4. The highest BCUT2D eigenvalue weighted by atomic mass is 16.5. The van der Waals surface area contributed by atoms with E-state index in [-0.39, 0.29) is 12.3 Å². The van der Waals surface area contributed by atoms with Gasteiger partial charge in [0.25, 0.3) is 0 Å². The maximum atomic E-state index is 13.4. The Labute approximate surface area is 229 Å². The minimum absolute atomic E-state index is 0.154. The molecule has 7 nitrogen and oxygen atoms in total. The van der Waals surface area contributed by atoms with E-state index in [0.29, 0.717) is 56.1 Å². The Morgan fingerprint density at radius 2 is 1.69 bits per heavy atom. The molecular formula is C32H34N2O5. The van der Waals surface area contributed by atoms with Crippen LogP contribution in [0.3, 0.4) is 0 Å². The van der Waals surface area contributed by atoms with Crippen molar-refractivity contribution < 1.29 is 18.9 Å². The molecule has 0 amide bonds. The molecule has 3 aromatic carbocycles. The van der Waals surface area contributed by atoms with Crippen LogP contribution in [-0.2, 0) is 16.0 Å². The van der Waals surface area contributed by atoms with Gasteiger partial charge in [-0.2, -0.15) is 4.98 Å². The molecular weight excluding hydrogens is 492 g/mol. The second kappa shape index (κ2) is 13.6. The van der Waals surface area contributed by atoms with Gasteiger partial charge in [-0.05, 0) is 47.4 Å². The van der Waals surface area contributed by atoms with Gasteiger partial charge in [0, 0.05) is 18.1 Å². The van der Waals surface area contributed by atoms with Crippen molar-refractivity contribution in [2.75, 3.05) is 40.1 Å². The van der Waals surface area contributed by atoms with E-state index in [1.165, 1.54) is 5.56 Å². The molecule has 0 unspecified atom stereocenters. The van der Waals surface area contributed by atoms with Gasteiger partial charge in [-0.25, -0.2) is 4.79 Å². The fraction of sp³-hybridized carbons (Fsp3) is 0.312. The van der Waals surface area contributed by atoms with Crippen LogP contribution in [0, 0.1) is 12.3 Å². The van der Waals surface area contributed by atoms with Crippen LogP contribution in [0.15, 0.2) is 71.5 Å². The van der Waals surface area contributed by atoms with Crippen molar-refractivity contribution in [3.05, 3.63) is 88.3 Å². The SMILES string of the molecule is C#CCOc1ccc2c(c1)c(-c1ccc(C(C)C)cc1)nc(=O)n2Cc1cccc(OCCOCCOC)c1. The summed E-state index contributed by atoms with van der Waals surface area (Å²) in [5.74, 6) is 4.23. The van der Waals surface area contributed by atoms with Gasteiger partial charge >= 0.3 is 5.69 Å². The van der Waals surface area contributed by atoms with Crippen molar-refractivity contribution in [1.29, 1.82) is 0 Å². The fourth-order valence-corrected chi connectivity index (χ4v) is 4.25. The molecule has 1 aromatic heterocycles. The van der Waals surface area contributed by atoms with Crippen LogP contribution < -0.4 is 15.2 Å². The molecule has 0 aliphatic carbocycles. The average molecular weight is 527 g/mol. The number of rotatable bonds is 13. The molecule has 0 N–H and O–H groups in total. The summed E-state index contributed by atoms with van der Waals surface area (Å²) in [5.41, 5.74) is 4.03. The van der Waals surface area contributed by atoms with Crippen LogP contribution in [0.5, 0.6) is 11.5 Å². The van der Waals surface area contributed by atoms with Gasteiger partial charge in [0.15, 0.2) is 0 Å². The summed E-state index contributed by atoms with van der Waals surface area (Å²) in [6.07, 6.45) is 5.39. The predicted octanol–water partition coefficient (Wildman–Crippen LogP) is 5.29. The Morgan fingerprint density at radius 3 is 2.44 bits per heavy atom. The smallest absolute Gasteiger partial charge is 0.348 e. The highest BCUT2D eigenvalue weighted by molar-refractivity contribution is 5.93. The monoisotopic (exact) mass is 526 g/mol. The fourth-order valence-electron chi connectivity index (χ4n) is 4.25. The number of hydrogen-bond acceptors (Lipinski definition) is 6. The van der Waals surface area contributed by atoms with E-state index in [0.717, 1.165) is 22.0 Å². The third kappa shape index (κ3) is 7.26. The lowest BCUT2D eigenvalue weighted by atomic mass is 9.99. The van der Waals surface area contributed by atoms with Crippen LogP contribution >= 0.6 is 0 Å². The van der Waals surface area contributed by atoms with E-state index in [1.54, 1.807) is 11.7 Å². The maximum Gasteiger partial charge on any atom is 0.348 e. The first-order valence-corrected chi connectivity index (χ1v) is 13.0. The van der Waals surface area contributed by atoms with Gasteiger partial charge < -0.3 is 18.9 Å². The van der Waals surface area contributed by atoms with E-state index in [9.17, 15) is 4.79 Å². The Bertz CT molecular complexity index is 1490. The number of terminal acetylenes is 1. The maximum absolute atomic E-state index is 13.4. The highest BCUT2D eigenvalue weighted by Crippen LogP contribution is 2.30. The lowest BCUT2D eigenvalue weighted by Crippen LogP contribution is -2.24. The molecule has 39 heavy (non-hydrogen) atoms. The van der Waals surface area contributed by atoms with Crippen molar-refractivity contribution in [3.8, 4) is 35.1 Å². The van der Waals surface area contributed by atoms with Gasteiger partial charge in [-0.15, -0.1) is 6.42 Å². The molecule has 0 spiro atoms. The highest BCUT2D eigenvalue weighted by Gasteiger charge is 2.15. The number of nitrogens with zero attached hydrogens (tertiary/aromatic N) is 2. The minimum atomic E-state index is -0.333. The van der Waals surface area contributed by atoms with E-state index < -0.39 is 0 Å². The quantitative estimate of drug-likeness (QED) is 0.174. The van der Waals surface area contributed by atoms with Crippen molar-refractivity contribution >= 4 is 10.9 Å². The van der Waals surface area contributed by atoms with Crippen molar-refractivity contribution in [3.63, 3.8) is 0 Å². The second-order valence-corrected chi connectivity index (χ2v) is 9.38. The molecule has 0 radical (unpaired) electrons. The number of hydrogen-bond donors (Lipinski definition) is 0. The summed E-state index contributed by atoms with van der Waals surface area (Å²) in [6.45, 7) is 6.74. The molecule has 0 bridgehead atoms. The predicted molar refractivity (Wildman–Crippen MR) is 154 cm³/mol. The Hall–Kier alpha value is -4.12. The average Bonchev–Trinajstić information content (AvgIpc) is 2.95. The standard InChI is InChI=1S/C32H34N2O5/c1-5-15-38-28-13-14-30-29(21-28)31(26-11-9-25(10-12-26)23(2)3)33-32(35)34(30)22-24-7-6-8-27(20-24)39-19-18-37-17-16-36-4/h1,6-14,20-21,23H,15-19,22H2,2-4H3. The zero-order chi connectivity index (χ0) is 27.6. The molecule has 0 aliphatic heterocycles. The number of methoxy groups -OCH3 is 1. The number of fused-ring (bicyclic) bond motifs is 1. The number of benzene rings is 3. The van der Waals surface area contributed by atoms with E-state index in [2.05, 4.69) is 36.9 Å². The summed E-state index contributed by atoms with van der Waals surface area (Å²) in [7, 11) is 1.64. The van der Waals surface area contributed by atoms with E-state index >= 15 is 0 Å². The summed E-state index contributed by atoms with van der Waals surface area (Å²) >= 11 is 0. The second-order valence-electron chi connectivity index (χ2n) is 9.38. The molecule has 0 aliphatic rings. The van der Waals surface area contributed by atoms with Crippen LogP contribution in [0.2, 0.25) is 0 Å². The van der Waals surface area contributed by atoms with Gasteiger partial charge in [0.2, 0.25) is 0 Å². The molecule has 0 saturated carbocycles. The normalized spacial score (nSPS) is 11.1. The van der Waals surface area contributed by atoms with E-state index in [4.69, 9.17) is 25.4 Å². The largest absolute Gasteiger partial charge is 0.491 e. The minimum Gasteiger partial charge on any atom is -0.491 e. The van der Waals surface area contributed by atoms with Gasteiger partial charge in [-0.1, -0.05) is 56.2 Å². The van der Waals surface area contributed by atoms with Crippen LogP contribution in [0.4, 0.5) is 0 Å². The van der Waals surface area contributed by atoms with Crippen molar-refractivity contribution in [1.82, 2.24) is 9.55 Å². The molecule has 4 aromatic rings. The molecule has 4 rings (SSSR count). The van der Waals surface area contributed by atoms with Crippen LogP contribution in [0.1, 0.15) is 30.9 Å². The first kappa shape index (κ1) is 27.9. The van der Waals surface area contributed by atoms with Crippen LogP contribution in [-0.4, -0.2) is 49.7 Å². The summed E-state index contributed by atoms with van der Waals surface area (Å²) in [4.78, 5) is 17.9. The van der Waals surface area contributed by atoms with Gasteiger partial charge in [-0.3, -0.25) is 4.57 Å². The van der Waals surface area contributed by atoms with Crippen LogP contribution in [0.25, 0.3) is 22.2 Å². The topological polar surface area (TPSA) is 71.8 Å². The lowest BCUT2D eigenvalue weighted by molar-refractivity contribution is 0.0544. The molecule has 0 fully saturated rings. The Morgan fingerprint density at radius 1 is 0.923 bits per heavy atom. The summed E-state index contributed by atoms with van der Waals surface area (Å²) < 4.78 is 23.6. The first-order chi connectivity index (χ1) is 19.0. The van der Waals surface area contributed by atoms with Gasteiger partial charge in [0.05, 0.1) is 37.6 Å². The van der Waals surface area contributed by atoms with Gasteiger partial charge in [0.1, 0.15) is 24.7 Å². The lowest BCUT2D eigenvalue weighted by Gasteiger charge is -2.15. The first-order valence-electron chi connectivity index (χ1n) is 13.0.